The van der Waals surface area contributed by atoms with E-state index >= 15 is 0 Å². The molecular weight excluding hydrogens is 273 g/mol. The van der Waals surface area contributed by atoms with Crippen molar-refractivity contribution in [1.29, 1.82) is 0 Å². The summed E-state index contributed by atoms with van der Waals surface area (Å²) in [5.74, 6) is -0.186. The number of halogens is 3. The van der Waals surface area contributed by atoms with E-state index in [0.717, 1.165) is 12.0 Å². The van der Waals surface area contributed by atoms with Gasteiger partial charge in [-0.3, -0.25) is 0 Å². The van der Waals surface area contributed by atoms with Crippen LogP contribution in [0.2, 0.25) is 0 Å². The SMILES string of the molecule is CC1OCCC1C(O)Cc1ccc(OC(F)(F)F)cc1. The first-order valence-corrected chi connectivity index (χ1v) is 6.49. The van der Waals surface area contributed by atoms with Gasteiger partial charge in [-0.15, -0.1) is 13.2 Å². The van der Waals surface area contributed by atoms with Crippen LogP contribution in [0.1, 0.15) is 18.9 Å². The van der Waals surface area contributed by atoms with Crippen LogP contribution >= 0.6 is 0 Å². The first-order chi connectivity index (χ1) is 9.35. The highest BCUT2D eigenvalue weighted by Crippen LogP contribution is 2.27. The van der Waals surface area contributed by atoms with Crippen LogP contribution in [-0.4, -0.2) is 30.3 Å². The second-order valence-corrected chi connectivity index (χ2v) is 4.99. The number of benzene rings is 1. The van der Waals surface area contributed by atoms with E-state index in [-0.39, 0.29) is 17.8 Å². The smallest absolute Gasteiger partial charge is 0.406 e. The Bertz CT molecular complexity index is 430. The molecule has 112 valence electrons. The Kier molecular flexibility index (Phi) is 4.55. The van der Waals surface area contributed by atoms with Crippen molar-refractivity contribution in [3.8, 4) is 5.75 Å². The molecule has 1 fully saturated rings. The Morgan fingerprint density at radius 2 is 2.00 bits per heavy atom. The van der Waals surface area contributed by atoms with Crippen LogP contribution < -0.4 is 4.74 Å². The summed E-state index contributed by atoms with van der Waals surface area (Å²) in [4.78, 5) is 0. The van der Waals surface area contributed by atoms with Crippen molar-refractivity contribution in [2.24, 2.45) is 5.92 Å². The van der Waals surface area contributed by atoms with Gasteiger partial charge in [0.25, 0.3) is 0 Å². The number of hydrogen-bond donors (Lipinski definition) is 1. The molecule has 3 nitrogen and oxygen atoms in total. The Hall–Kier alpha value is -1.27. The monoisotopic (exact) mass is 290 g/mol. The predicted octanol–water partition coefficient (Wildman–Crippen LogP) is 2.91. The molecule has 1 aromatic carbocycles. The molecule has 2 rings (SSSR count). The van der Waals surface area contributed by atoms with Gasteiger partial charge in [0.1, 0.15) is 5.75 Å². The lowest BCUT2D eigenvalue weighted by molar-refractivity contribution is -0.274. The zero-order valence-corrected chi connectivity index (χ0v) is 11.1. The van der Waals surface area contributed by atoms with Crippen molar-refractivity contribution in [2.45, 2.75) is 38.3 Å². The van der Waals surface area contributed by atoms with Crippen LogP contribution in [-0.2, 0) is 11.2 Å². The van der Waals surface area contributed by atoms with E-state index in [2.05, 4.69) is 4.74 Å². The molecule has 0 amide bonds. The summed E-state index contributed by atoms with van der Waals surface area (Å²) in [6, 6.07) is 5.57. The zero-order valence-electron chi connectivity index (χ0n) is 11.1. The molecular formula is C14H17F3O3. The van der Waals surface area contributed by atoms with Crippen LogP contribution in [0.4, 0.5) is 13.2 Å². The molecule has 0 radical (unpaired) electrons. The lowest BCUT2D eigenvalue weighted by Gasteiger charge is -2.21. The number of ether oxygens (including phenoxy) is 2. The quantitative estimate of drug-likeness (QED) is 0.926. The second kappa shape index (κ2) is 6.01. The number of aliphatic hydroxyl groups is 1. The van der Waals surface area contributed by atoms with Gasteiger partial charge >= 0.3 is 6.36 Å². The average Bonchev–Trinajstić information content (AvgIpc) is 2.76. The Labute approximate surface area is 115 Å². The number of alkyl halides is 3. The van der Waals surface area contributed by atoms with Gasteiger partial charge < -0.3 is 14.6 Å². The number of rotatable bonds is 4. The largest absolute Gasteiger partial charge is 0.573 e. The van der Waals surface area contributed by atoms with Crippen LogP contribution in [0.5, 0.6) is 5.75 Å². The van der Waals surface area contributed by atoms with E-state index in [1.165, 1.54) is 24.3 Å². The van der Waals surface area contributed by atoms with Crippen molar-refractivity contribution in [3.63, 3.8) is 0 Å². The maximum atomic E-state index is 12.0. The standard InChI is InChI=1S/C14H17F3O3/c1-9-12(6-7-19-9)13(18)8-10-2-4-11(5-3-10)20-14(15,16)17/h2-5,9,12-13,18H,6-8H2,1H3. The molecule has 3 unspecified atom stereocenters. The maximum Gasteiger partial charge on any atom is 0.573 e. The molecule has 0 saturated carbocycles. The molecule has 1 saturated heterocycles. The molecule has 1 N–H and O–H groups in total. The Morgan fingerprint density at radius 1 is 1.35 bits per heavy atom. The van der Waals surface area contributed by atoms with Crippen molar-refractivity contribution in [3.05, 3.63) is 29.8 Å². The minimum Gasteiger partial charge on any atom is -0.406 e. The Balaban J connectivity index is 1.93. The first kappa shape index (κ1) is 15.1. The summed E-state index contributed by atoms with van der Waals surface area (Å²) >= 11 is 0. The minimum atomic E-state index is -4.68. The molecule has 1 heterocycles. The molecule has 0 aromatic heterocycles. The van der Waals surface area contributed by atoms with Crippen molar-refractivity contribution in [2.75, 3.05) is 6.61 Å². The van der Waals surface area contributed by atoms with Gasteiger partial charge in [0.2, 0.25) is 0 Å². The lowest BCUT2D eigenvalue weighted by Crippen LogP contribution is -2.28. The summed E-state index contributed by atoms with van der Waals surface area (Å²) < 4.78 is 45.3. The lowest BCUT2D eigenvalue weighted by atomic mass is 9.91. The fourth-order valence-corrected chi connectivity index (χ4v) is 2.47. The van der Waals surface area contributed by atoms with E-state index in [1.807, 2.05) is 6.92 Å². The van der Waals surface area contributed by atoms with Crippen molar-refractivity contribution < 1.29 is 27.8 Å². The molecule has 1 aliphatic heterocycles. The second-order valence-electron chi connectivity index (χ2n) is 4.99. The predicted molar refractivity (Wildman–Crippen MR) is 66.4 cm³/mol. The van der Waals surface area contributed by atoms with Gasteiger partial charge in [-0.1, -0.05) is 12.1 Å². The van der Waals surface area contributed by atoms with E-state index < -0.39 is 12.5 Å². The number of hydrogen-bond acceptors (Lipinski definition) is 3. The van der Waals surface area contributed by atoms with Crippen molar-refractivity contribution >= 4 is 0 Å². The molecule has 20 heavy (non-hydrogen) atoms. The summed E-state index contributed by atoms with van der Waals surface area (Å²) in [7, 11) is 0. The van der Waals surface area contributed by atoms with Gasteiger partial charge in [-0.05, 0) is 37.5 Å². The van der Waals surface area contributed by atoms with Gasteiger partial charge in [0.05, 0.1) is 12.2 Å². The third-order valence-electron chi connectivity index (χ3n) is 3.53. The highest BCUT2D eigenvalue weighted by molar-refractivity contribution is 5.27. The third kappa shape index (κ3) is 4.11. The first-order valence-electron chi connectivity index (χ1n) is 6.49. The molecule has 3 atom stereocenters. The summed E-state index contributed by atoms with van der Waals surface area (Å²) in [5, 5.41) is 10.1. The van der Waals surface area contributed by atoms with E-state index in [0.29, 0.717) is 13.0 Å². The van der Waals surface area contributed by atoms with Gasteiger partial charge in [0, 0.05) is 12.5 Å². The fraction of sp³-hybridized carbons (Fsp3) is 0.571. The van der Waals surface area contributed by atoms with Gasteiger partial charge in [0.15, 0.2) is 0 Å². The average molecular weight is 290 g/mol. The van der Waals surface area contributed by atoms with Gasteiger partial charge in [-0.25, -0.2) is 0 Å². The van der Waals surface area contributed by atoms with Crippen LogP contribution in [0, 0.1) is 5.92 Å². The summed E-state index contributed by atoms with van der Waals surface area (Å²) in [5.41, 5.74) is 0.770. The normalized spacial score (nSPS) is 24.6. The van der Waals surface area contributed by atoms with E-state index in [9.17, 15) is 18.3 Å². The Morgan fingerprint density at radius 3 is 2.50 bits per heavy atom. The van der Waals surface area contributed by atoms with Gasteiger partial charge in [-0.2, -0.15) is 0 Å². The molecule has 1 aliphatic rings. The molecule has 1 aromatic rings. The summed E-state index contributed by atoms with van der Waals surface area (Å²) in [6.45, 7) is 2.56. The highest BCUT2D eigenvalue weighted by atomic mass is 19.4. The van der Waals surface area contributed by atoms with Crippen LogP contribution in [0.3, 0.4) is 0 Å². The third-order valence-corrected chi connectivity index (χ3v) is 3.53. The zero-order chi connectivity index (χ0) is 14.8. The highest BCUT2D eigenvalue weighted by Gasteiger charge is 2.32. The topological polar surface area (TPSA) is 38.7 Å². The minimum absolute atomic E-state index is 0.0119. The fourth-order valence-electron chi connectivity index (χ4n) is 2.47. The van der Waals surface area contributed by atoms with E-state index in [1.54, 1.807) is 0 Å². The maximum absolute atomic E-state index is 12.0. The van der Waals surface area contributed by atoms with Crippen LogP contribution in [0.15, 0.2) is 24.3 Å². The summed E-state index contributed by atoms with van der Waals surface area (Å²) in [6.07, 6.45) is -4.03. The molecule has 0 bridgehead atoms. The molecule has 0 spiro atoms. The molecule has 6 heteroatoms. The molecule has 0 aliphatic carbocycles. The van der Waals surface area contributed by atoms with Crippen LogP contribution in [0.25, 0.3) is 0 Å². The number of aliphatic hydroxyl groups excluding tert-OH is 1. The van der Waals surface area contributed by atoms with E-state index in [4.69, 9.17) is 4.74 Å². The van der Waals surface area contributed by atoms with Crippen molar-refractivity contribution in [1.82, 2.24) is 0 Å².